The van der Waals surface area contributed by atoms with Crippen LogP contribution in [0.4, 0.5) is 11.4 Å². The average molecular weight is 354 g/mol. The van der Waals surface area contributed by atoms with Crippen LogP contribution in [0.25, 0.3) is 0 Å². The van der Waals surface area contributed by atoms with Crippen LogP contribution in [0.3, 0.4) is 0 Å². The SMILES string of the molecule is Nc1ccccc1CCOCCc1ccccc1N.O=S(=O)(O)O. The summed E-state index contributed by atoms with van der Waals surface area (Å²) in [6.45, 7) is 1.36. The Kier molecular flexibility index (Phi) is 8.20. The normalized spacial score (nSPS) is 10.8. The summed E-state index contributed by atoms with van der Waals surface area (Å²) in [5.41, 5.74) is 15.7. The lowest BCUT2D eigenvalue weighted by molar-refractivity contribution is 0.140. The Morgan fingerprint density at radius 3 is 1.46 bits per heavy atom. The van der Waals surface area contributed by atoms with Crippen molar-refractivity contribution in [1.29, 1.82) is 0 Å². The van der Waals surface area contributed by atoms with Crippen LogP contribution >= 0.6 is 0 Å². The van der Waals surface area contributed by atoms with Crippen LogP contribution in [-0.2, 0) is 28.0 Å². The van der Waals surface area contributed by atoms with Crippen LogP contribution in [0, 0.1) is 0 Å². The van der Waals surface area contributed by atoms with E-state index in [2.05, 4.69) is 0 Å². The van der Waals surface area contributed by atoms with E-state index < -0.39 is 10.4 Å². The highest BCUT2D eigenvalue weighted by Crippen LogP contribution is 2.12. The third kappa shape index (κ3) is 9.11. The van der Waals surface area contributed by atoms with Crippen molar-refractivity contribution in [2.75, 3.05) is 24.7 Å². The van der Waals surface area contributed by atoms with Gasteiger partial charge in [-0.05, 0) is 36.1 Å². The molecule has 0 spiro atoms. The zero-order chi connectivity index (χ0) is 18.0. The molecule has 0 saturated heterocycles. The summed E-state index contributed by atoms with van der Waals surface area (Å²) >= 11 is 0. The maximum Gasteiger partial charge on any atom is 0.394 e. The Labute approximate surface area is 141 Å². The van der Waals surface area contributed by atoms with E-state index in [1.165, 1.54) is 0 Å². The van der Waals surface area contributed by atoms with E-state index in [1.807, 2.05) is 48.5 Å². The predicted octanol–water partition coefficient (Wildman–Crippen LogP) is 2.00. The third-order valence-corrected chi connectivity index (χ3v) is 3.14. The summed E-state index contributed by atoms with van der Waals surface area (Å²) in [6, 6.07) is 15.8. The van der Waals surface area contributed by atoms with E-state index in [-0.39, 0.29) is 0 Å². The fourth-order valence-electron chi connectivity index (χ4n) is 1.99. The molecule has 0 aliphatic heterocycles. The molecule has 7 nitrogen and oxygen atoms in total. The predicted molar refractivity (Wildman–Crippen MR) is 94.1 cm³/mol. The molecule has 0 radical (unpaired) electrons. The molecule has 132 valence electrons. The van der Waals surface area contributed by atoms with E-state index in [9.17, 15) is 0 Å². The minimum atomic E-state index is -4.67. The molecule has 2 aromatic rings. The van der Waals surface area contributed by atoms with E-state index in [1.54, 1.807) is 0 Å². The maximum atomic E-state index is 8.74. The molecule has 6 N–H and O–H groups in total. The van der Waals surface area contributed by atoms with Gasteiger partial charge in [0, 0.05) is 11.4 Å². The first-order valence-electron chi connectivity index (χ1n) is 7.21. The Balaban J connectivity index is 0.000000505. The van der Waals surface area contributed by atoms with Crippen molar-refractivity contribution in [3.63, 3.8) is 0 Å². The largest absolute Gasteiger partial charge is 0.399 e. The van der Waals surface area contributed by atoms with Gasteiger partial charge >= 0.3 is 10.4 Å². The van der Waals surface area contributed by atoms with Crippen LogP contribution in [-0.4, -0.2) is 30.7 Å². The molecule has 0 saturated carbocycles. The molecular formula is C16H22N2O5S. The van der Waals surface area contributed by atoms with E-state index in [0.29, 0.717) is 13.2 Å². The molecule has 0 atom stereocenters. The molecule has 2 aromatic carbocycles. The fourth-order valence-corrected chi connectivity index (χ4v) is 1.99. The number of ether oxygens (including phenoxy) is 1. The Bertz CT molecular complexity index is 679. The molecule has 2 rings (SSSR count). The van der Waals surface area contributed by atoms with Crippen LogP contribution < -0.4 is 11.5 Å². The van der Waals surface area contributed by atoms with Crippen molar-refractivity contribution in [2.24, 2.45) is 0 Å². The molecule has 0 amide bonds. The van der Waals surface area contributed by atoms with Gasteiger partial charge in [0.1, 0.15) is 0 Å². The van der Waals surface area contributed by atoms with E-state index in [4.69, 9.17) is 33.7 Å². The van der Waals surface area contributed by atoms with E-state index in [0.717, 1.165) is 35.3 Å². The molecule has 0 aliphatic carbocycles. The molecule has 8 heteroatoms. The van der Waals surface area contributed by atoms with Crippen molar-refractivity contribution in [3.8, 4) is 0 Å². The van der Waals surface area contributed by atoms with Gasteiger partial charge in [0.05, 0.1) is 13.2 Å². The summed E-state index contributed by atoms with van der Waals surface area (Å²) in [4.78, 5) is 0. The maximum absolute atomic E-state index is 8.74. The van der Waals surface area contributed by atoms with E-state index >= 15 is 0 Å². The molecule has 0 bridgehead atoms. The van der Waals surface area contributed by atoms with Crippen molar-refractivity contribution in [3.05, 3.63) is 59.7 Å². The molecule has 0 aromatic heterocycles. The number of para-hydroxylation sites is 2. The molecule has 0 fully saturated rings. The topological polar surface area (TPSA) is 136 Å². The molecule has 0 unspecified atom stereocenters. The smallest absolute Gasteiger partial charge is 0.394 e. The Hall–Kier alpha value is -2.13. The van der Waals surface area contributed by atoms with Crippen molar-refractivity contribution < 1.29 is 22.3 Å². The summed E-state index contributed by atoms with van der Waals surface area (Å²) in [6.07, 6.45) is 1.69. The molecule has 0 aliphatic rings. The quantitative estimate of drug-likeness (QED) is 0.354. The number of hydrogen-bond donors (Lipinski definition) is 4. The number of anilines is 2. The second kappa shape index (κ2) is 9.89. The molecular weight excluding hydrogens is 332 g/mol. The monoisotopic (exact) mass is 354 g/mol. The molecule has 0 heterocycles. The molecule has 24 heavy (non-hydrogen) atoms. The van der Waals surface area contributed by atoms with Gasteiger partial charge in [0.2, 0.25) is 0 Å². The van der Waals surface area contributed by atoms with Gasteiger partial charge in [-0.1, -0.05) is 36.4 Å². The van der Waals surface area contributed by atoms with Gasteiger partial charge in [-0.25, -0.2) is 0 Å². The van der Waals surface area contributed by atoms with Gasteiger partial charge in [0.25, 0.3) is 0 Å². The van der Waals surface area contributed by atoms with Crippen molar-refractivity contribution in [2.45, 2.75) is 12.8 Å². The van der Waals surface area contributed by atoms with Crippen molar-refractivity contribution >= 4 is 21.8 Å². The fraction of sp³-hybridized carbons (Fsp3) is 0.250. The van der Waals surface area contributed by atoms with Crippen LogP contribution in [0.1, 0.15) is 11.1 Å². The minimum Gasteiger partial charge on any atom is -0.399 e. The lowest BCUT2D eigenvalue weighted by Crippen LogP contribution is -2.05. The first-order valence-corrected chi connectivity index (χ1v) is 8.61. The minimum absolute atomic E-state index is 0.681. The van der Waals surface area contributed by atoms with Crippen LogP contribution in [0.15, 0.2) is 48.5 Å². The highest BCUT2D eigenvalue weighted by molar-refractivity contribution is 7.79. The average Bonchev–Trinajstić information content (AvgIpc) is 2.49. The number of nitrogen functional groups attached to an aromatic ring is 2. The Morgan fingerprint density at radius 2 is 1.12 bits per heavy atom. The number of rotatable bonds is 6. The zero-order valence-electron chi connectivity index (χ0n) is 13.1. The first kappa shape index (κ1) is 19.9. The summed E-state index contributed by atoms with van der Waals surface area (Å²) in [5, 5.41) is 0. The van der Waals surface area contributed by atoms with Crippen molar-refractivity contribution in [1.82, 2.24) is 0 Å². The number of hydrogen-bond acceptors (Lipinski definition) is 5. The van der Waals surface area contributed by atoms with Gasteiger partial charge in [-0.3, -0.25) is 9.11 Å². The van der Waals surface area contributed by atoms with Gasteiger partial charge in [-0.2, -0.15) is 8.42 Å². The second-order valence-corrected chi connectivity index (χ2v) is 5.85. The summed E-state index contributed by atoms with van der Waals surface area (Å²) < 4.78 is 37.2. The Morgan fingerprint density at radius 1 is 0.792 bits per heavy atom. The summed E-state index contributed by atoms with van der Waals surface area (Å²) in [5.74, 6) is 0. The van der Waals surface area contributed by atoms with Gasteiger partial charge in [-0.15, -0.1) is 0 Å². The van der Waals surface area contributed by atoms with Gasteiger partial charge < -0.3 is 16.2 Å². The lowest BCUT2D eigenvalue weighted by atomic mass is 10.1. The number of nitrogens with two attached hydrogens (primary N) is 2. The van der Waals surface area contributed by atoms with Gasteiger partial charge in [0.15, 0.2) is 0 Å². The number of benzene rings is 2. The first-order chi connectivity index (χ1) is 11.3. The highest BCUT2D eigenvalue weighted by Gasteiger charge is 2.00. The third-order valence-electron chi connectivity index (χ3n) is 3.14. The summed E-state index contributed by atoms with van der Waals surface area (Å²) in [7, 11) is -4.67. The van der Waals surface area contributed by atoms with Crippen LogP contribution in [0.2, 0.25) is 0 Å². The zero-order valence-corrected chi connectivity index (χ0v) is 13.9. The highest BCUT2D eigenvalue weighted by atomic mass is 32.3. The standard InChI is InChI=1S/C16H20N2O.H2O4S/c17-15-7-3-1-5-13(15)9-11-19-12-10-14-6-2-4-8-16(14)18;1-5(2,3)4/h1-8H,9-12,17-18H2;(H2,1,2,3,4). The lowest BCUT2D eigenvalue weighted by Gasteiger charge is -2.08. The second-order valence-electron chi connectivity index (χ2n) is 4.96. The van der Waals surface area contributed by atoms with Crippen LogP contribution in [0.5, 0.6) is 0 Å².